The van der Waals surface area contributed by atoms with Crippen LogP contribution in [0.4, 0.5) is 0 Å². The highest BCUT2D eigenvalue weighted by Gasteiger charge is 2.34. The van der Waals surface area contributed by atoms with Crippen molar-refractivity contribution in [1.82, 2.24) is 20.0 Å². The van der Waals surface area contributed by atoms with E-state index in [0.29, 0.717) is 12.1 Å². The molecular weight excluding hydrogens is 224 g/mol. The summed E-state index contributed by atoms with van der Waals surface area (Å²) in [5.41, 5.74) is 1.16. The number of likely N-dealkylation sites (tertiary alicyclic amines) is 1. The summed E-state index contributed by atoms with van der Waals surface area (Å²) < 4.78 is 2.03. The van der Waals surface area contributed by atoms with E-state index in [2.05, 4.69) is 41.4 Å². The normalized spacial score (nSPS) is 25.2. The molecule has 1 aromatic heterocycles. The lowest BCUT2D eigenvalue weighted by Crippen LogP contribution is -2.33. The van der Waals surface area contributed by atoms with Gasteiger partial charge in [-0.3, -0.25) is 9.58 Å². The second-order valence-electron chi connectivity index (χ2n) is 5.97. The van der Waals surface area contributed by atoms with Gasteiger partial charge in [0.2, 0.25) is 0 Å². The molecule has 1 aliphatic heterocycles. The van der Waals surface area contributed by atoms with Crippen LogP contribution >= 0.6 is 0 Å². The highest BCUT2D eigenvalue weighted by atomic mass is 15.3. The summed E-state index contributed by atoms with van der Waals surface area (Å²) >= 11 is 0. The van der Waals surface area contributed by atoms with Gasteiger partial charge in [0.1, 0.15) is 0 Å². The fourth-order valence-electron chi connectivity index (χ4n) is 2.73. The van der Waals surface area contributed by atoms with Crippen LogP contribution < -0.4 is 5.32 Å². The molecule has 0 aromatic carbocycles. The molecule has 0 radical (unpaired) electrons. The number of hydrogen-bond acceptors (Lipinski definition) is 3. The maximum Gasteiger partial charge on any atom is 0.0762 e. The lowest BCUT2D eigenvalue weighted by Gasteiger charge is -2.15. The van der Waals surface area contributed by atoms with Gasteiger partial charge in [0.05, 0.1) is 5.69 Å². The topological polar surface area (TPSA) is 33.1 Å². The predicted octanol–water partition coefficient (Wildman–Crippen LogP) is 1.79. The van der Waals surface area contributed by atoms with Crippen molar-refractivity contribution in [3.8, 4) is 0 Å². The predicted molar refractivity (Wildman–Crippen MR) is 72.5 cm³/mol. The van der Waals surface area contributed by atoms with Crippen LogP contribution in [-0.4, -0.2) is 39.9 Å². The summed E-state index contributed by atoms with van der Waals surface area (Å²) in [6.07, 6.45) is 6.21. The van der Waals surface area contributed by atoms with E-state index < -0.39 is 0 Å². The zero-order valence-corrected chi connectivity index (χ0v) is 11.5. The van der Waals surface area contributed by atoms with Gasteiger partial charge < -0.3 is 5.32 Å². The van der Waals surface area contributed by atoms with Gasteiger partial charge >= 0.3 is 0 Å². The molecule has 1 saturated heterocycles. The molecule has 1 N–H and O–H groups in total. The van der Waals surface area contributed by atoms with Crippen LogP contribution in [0.25, 0.3) is 0 Å². The van der Waals surface area contributed by atoms with Crippen LogP contribution in [0.15, 0.2) is 12.3 Å². The fraction of sp³-hybridized carbons (Fsp3) is 0.786. The maximum absolute atomic E-state index is 4.58. The van der Waals surface area contributed by atoms with Crippen molar-refractivity contribution < 1.29 is 0 Å². The molecular formula is C14H24N4. The molecule has 4 heteroatoms. The molecule has 1 saturated carbocycles. The van der Waals surface area contributed by atoms with Gasteiger partial charge in [0.15, 0.2) is 0 Å². The molecule has 1 atom stereocenters. The van der Waals surface area contributed by atoms with Gasteiger partial charge in [-0.05, 0) is 39.2 Å². The first-order chi connectivity index (χ1) is 8.72. The van der Waals surface area contributed by atoms with E-state index in [1.807, 2.05) is 4.68 Å². The third kappa shape index (κ3) is 2.75. The first-order valence-corrected chi connectivity index (χ1v) is 7.24. The first-order valence-electron chi connectivity index (χ1n) is 7.24. The Morgan fingerprint density at radius 3 is 2.89 bits per heavy atom. The standard InChI is InChI=1S/C14H24N4/c1-11(2)18-8-6-12(16-18)9-15-13-5-7-17(10-13)14-3-4-14/h6,8,11,13-15H,3-5,7,9-10H2,1-2H3. The van der Waals surface area contributed by atoms with Crippen LogP contribution in [0, 0.1) is 0 Å². The van der Waals surface area contributed by atoms with Crippen molar-refractivity contribution in [2.24, 2.45) is 0 Å². The lowest BCUT2D eigenvalue weighted by atomic mass is 10.2. The molecule has 0 spiro atoms. The van der Waals surface area contributed by atoms with E-state index in [-0.39, 0.29) is 0 Å². The van der Waals surface area contributed by atoms with Gasteiger partial charge in [-0.25, -0.2) is 0 Å². The summed E-state index contributed by atoms with van der Waals surface area (Å²) in [5.74, 6) is 0. The monoisotopic (exact) mass is 248 g/mol. The summed E-state index contributed by atoms with van der Waals surface area (Å²) in [5, 5.41) is 8.22. The van der Waals surface area contributed by atoms with E-state index in [0.717, 1.165) is 18.3 Å². The zero-order valence-electron chi connectivity index (χ0n) is 11.5. The van der Waals surface area contributed by atoms with E-state index in [4.69, 9.17) is 0 Å². The second kappa shape index (κ2) is 5.02. The molecule has 100 valence electrons. The Kier molecular flexibility index (Phi) is 3.39. The highest BCUT2D eigenvalue weighted by Crippen LogP contribution is 2.29. The second-order valence-corrected chi connectivity index (χ2v) is 5.97. The third-order valence-corrected chi connectivity index (χ3v) is 4.05. The summed E-state index contributed by atoms with van der Waals surface area (Å²) in [6, 6.07) is 4.16. The van der Waals surface area contributed by atoms with Crippen molar-refractivity contribution in [2.45, 2.75) is 57.8 Å². The minimum Gasteiger partial charge on any atom is -0.307 e. The smallest absolute Gasteiger partial charge is 0.0762 e. The molecule has 3 rings (SSSR count). The quantitative estimate of drug-likeness (QED) is 0.862. The van der Waals surface area contributed by atoms with Crippen molar-refractivity contribution in [3.05, 3.63) is 18.0 Å². The first kappa shape index (κ1) is 12.2. The number of nitrogens with one attached hydrogen (secondary N) is 1. The van der Waals surface area contributed by atoms with Crippen LogP contribution in [-0.2, 0) is 6.54 Å². The minimum absolute atomic E-state index is 0.454. The average Bonchev–Trinajstić information content (AvgIpc) is 2.92. The Balaban J connectivity index is 1.46. The van der Waals surface area contributed by atoms with Gasteiger partial charge in [0, 0.05) is 44.0 Å². The number of hydrogen-bond donors (Lipinski definition) is 1. The summed E-state index contributed by atoms with van der Waals surface area (Å²) in [6.45, 7) is 7.74. The van der Waals surface area contributed by atoms with Gasteiger partial charge in [-0.1, -0.05) is 0 Å². The van der Waals surface area contributed by atoms with Crippen LogP contribution in [0.5, 0.6) is 0 Å². The maximum atomic E-state index is 4.58. The molecule has 0 amide bonds. The van der Waals surface area contributed by atoms with Crippen molar-refractivity contribution in [3.63, 3.8) is 0 Å². The van der Waals surface area contributed by atoms with E-state index >= 15 is 0 Å². The number of rotatable bonds is 5. The molecule has 2 fully saturated rings. The Hall–Kier alpha value is -0.870. The van der Waals surface area contributed by atoms with Crippen molar-refractivity contribution in [2.75, 3.05) is 13.1 Å². The third-order valence-electron chi connectivity index (χ3n) is 4.05. The molecule has 1 unspecified atom stereocenters. The fourth-order valence-corrected chi connectivity index (χ4v) is 2.73. The number of nitrogens with zero attached hydrogens (tertiary/aromatic N) is 3. The Labute approximate surface area is 109 Å². The Morgan fingerprint density at radius 1 is 1.39 bits per heavy atom. The van der Waals surface area contributed by atoms with Gasteiger partial charge in [0.25, 0.3) is 0 Å². The van der Waals surface area contributed by atoms with Gasteiger partial charge in [-0.2, -0.15) is 5.10 Å². The van der Waals surface area contributed by atoms with E-state index in [1.54, 1.807) is 0 Å². The molecule has 2 heterocycles. The van der Waals surface area contributed by atoms with Gasteiger partial charge in [-0.15, -0.1) is 0 Å². The summed E-state index contributed by atoms with van der Waals surface area (Å²) in [7, 11) is 0. The molecule has 1 aliphatic carbocycles. The molecule has 1 aromatic rings. The molecule has 18 heavy (non-hydrogen) atoms. The summed E-state index contributed by atoms with van der Waals surface area (Å²) in [4.78, 5) is 2.64. The van der Waals surface area contributed by atoms with Crippen LogP contribution in [0.1, 0.15) is 44.8 Å². The molecule has 0 bridgehead atoms. The average molecular weight is 248 g/mol. The van der Waals surface area contributed by atoms with E-state index in [9.17, 15) is 0 Å². The van der Waals surface area contributed by atoms with Crippen LogP contribution in [0.2, 0.25) is 0 Å². The zero-order chi connectivity index (χ0) is 12.5. The SMILES string of the molecule is CC(C)n1ccc(CNC2CCN(C3CC3)C2)n1. The Morgan fingerprint density at radius 2 is 2.22 bits per heavy atom. The van der Waals surface area contributed by atoms with E-state index in [1.165, 1.54) is 32.4 Å². The Bertz CT molecular complexity index is 394. The molecule has 2 aliphatic rings. The number of aromatic nitrogens is 2. The highest BCUT2D eigenvalue weighted by molar-refractivity contribution is 5.00. The minimum atomic E-state index is 0.454. The lowest BCUT2D eigenvalue weighted by molar-refractivity contribution is 0.317. The van der Waals surface area contributed by atoms with Crippen LogP contribution in [0.3, 0.4) is 0 Å². The largest absolute Gasteiger partial charge is 0.307 e. The van der Waals surface area contributed by atoms with Crippen molar-refractivity contribution >= 4 is 0 Å². The van der Waals surface area contributed by atoms with Crippen molar-refractivity contribution in [1.29, 1.82) is 0 Å². The molecule has 4 nitrogen and oxygen atoms in total.